The first-order chi connectivity index (χ1) is 11.6. The van der Waals surface area contributed by atoms with Gasteiger partial charge in [-0.1, -0.05) is 6.07 Å². The summed E-state index contributed by atoms with van der Waals surface area (Å²) in [4.78, 5) is 12.1. The second-order valence-electron chi connectivity index (χ2n) is 6.33. The Morgan fingerprint density at radius 2 is 1.88 bits per heavy atom. The van der Waals surface area contributed by atoms with Crippen LogP contribution in [0, 0.1) is 11.8 Å². The van der Waals surface area contributed by atoms with Crippen molar-refractivity contribution in [3.8, 4) is 11.5 Å². The van der Waals surface area contributed by atoms with E-state index in [0.717, 1.165) is 0 Å². The van der Waals surface area contributed by atoms with Crippen molar-refractivity contribution in [3.05, 3.63) is 29.8 Å². The Labute approximate surface area is 139 Å². The normalized spacial score (nSPS) is 17.5. The first-order valence-corrected chi connectivity index (χ1v) is 8.18. The Hall–Kier alpha value is -2.11. The summed E-state index contributed by atoms with van der Waals surface area (Å²) in [6.45, 7) is -2.91. The van der Waals surface area contributed by atoms with Crippen LogP contribution in [0.2, 0.25) is 0 Å². The largest absolute Gasteiger partial charge is 0.493 e. The highest BCUT2D eigenvalue weighted by atomic mass is 19.3. The summed E-state index contributed by atoms with van der Waals surface area (Å²) in [5, 5.41) is 3.10. The van der Waals surface area contributed by atoms with Gasteiger partial charge in [0.15, 0.2) is 11.5 Å². The fourth-order valence-electron chi connectivity index (χ4n) is 2.90. The maximum Gasteiger partial charge on any atom is 0.387 e. The van der Waals surface area contributed by atoms with Crippen LogP contribution < -0.4 is 14.8 Å². The molecule has 2 fully saturated rings. The van der Waals surface area contributed by atoms with E-state index in [-0.39, 0.29) is 17.4 Å². The number of methoxy groups -OCH3 is 1. The van der Waals surface area contributed by atoms with Crippen LogP contribution in [-0.4, -0.2) is 25.7 Å². The van der Waals surface area contributed by atoms with Crippen LogP contribution in [-0.2, 0) is 4.79 Å². The van der Waals surface area contributed by atoms with Crippen molar-refractivity contribution in [3.63, 3.8) is 0 Å². The zero-order valence-electron chi connectivity index (χ0n) is 13.5. The molecular formula is C18H21F2NO3. The van der Waals surface area contributed by atoms with Gasteiger partial charge in [0.2, 0.25) is 5.91 Å². The molecule has 1 aromatic rings. The van der Waals surface area contributed by atoms with E-state index in [1.807, 2.05) is 0 Å². The minimum absolute atomic E-state index is 0.0309. The second-order valence-corrected chi connectivity index (χ2v) is 6.33. The summed E-state index contributed by atoms with van der Waals surface area (Å²) in [6.07, 6.45) is 7.92. The van der Waals surface area contributed by atoms with Crippen LogP contribution >= 0.6 is 0 Å². The molecule has 0 radical (unpaired) electrons. The Morgan fingerprint density at radius 3 is 2.42 bits per heavy atom. The van der Waals surface area contributed by atoms with Crippen molar-refractivity contribution in [2.45, 2.75) is 38.3 Å². The number of rotatable bonds is 8. The molecule has 0 heterocycles. The summed E-state index contributed by atoms with van der Waals surface area (Å²) >= 11 is 0. The van der Waals surface area contributed by atoms with E-state index >= 15 is 0 Å². The molecule has 2 saturated carbocycles. The van der Waals surface area contributed by atoms with Crippen LogP contribution in [0.15, 0.2) is 24.3 Å². The highest BCUT2D eigenvalue weighted by Crippen LogP contribution is 2.44. The van der Waals surface area contributed by atoms with Gasteiger partial charge in [0.25, 0.3) is 0 Å². The number of benzene rings is 1. The molecule has 0 atom stereocenters. The predicted octanol–water partition coefficient (Wildman–Crippen LogP) is 3.61. The zero-order valence-corrected chi connectivity index (χ0v) is 13.5. The van der Waals surface area contributed by atoms with Crippen molar-refractivity contribution >= 4 is 12.0 Å². The summed E-state index contributed by atoms with van der Waals surface area (Å²) < 4.78 is 34.0. The van der Waals surface area contributed by atoms with Crippen molar-refractivity contribution in [2.75, 3.05) is 7.11 Å². The van der Waals surface area contributed by atoms with Gasteiger partial charge in [-0.05, 0) is 61.3 Å². The summed E-state index contributed by atoms with van der Waals surface area (Å²) in [7, 11) is 1.38. The van der Waals surface area contributed by atoms with E-state index in [1.165, 1.54) is 44.9 Å². The minimum Gasteiger partial charge on any atom is -0.493 e. The Kier molecular flexibility index (Phi) is 5.02. The lowest BCUT2D eigenvalue weighted by Gasteiger charge is -2.16. The van der Waals surface area contributed by atoms with Crippen LogP contribution in [0.4, 0.5) is 8.78 Å². The summed E-state index contributed by atoms with van der Waals surface area (Å²) in [5.74, 6) is 1.33. The van der Waals surface area contributed by atoms with Crippen LogP contribution in [0.3, 0.4) is 0 Å². The van der Waals surface area contributed by atoms with E-state index in [4.69, 9.17) is 4.74 Å². The second kappa shape index (κ2) is 7.20. The number of amides is 1. The molecule has 1 aromatic carbocycles. The average Bonchev–Trinajstić information content (AvgIpc) is 3.44. The molecule has 4 nitrogen and oxygen atoms in total. The van der Waals surface area contributed by atoms with Crippen LogP contribution in [0.5, 0.6) is 11.5 Å². The van der Waals surface area contributed by atoms with E-state index in [0.29, 0.717) is 23.4 Å². The SMILES string of the molecule is COc1cc(/C=C/C(=O)NC(C2CC2)C2CC2)ccc1OC(F)F. The topological polar surface area (TPSA) is 47.6 Å². The summed E-state index contributed by atoms with van der Waals surface area (Å²) in [5.41, 5.74) is 0.679. The Morgan fingerprint density at radius 1 is 1.21 bits per heavy atom. The molecule has 0 aliphatic heterocycles. The van der Waals surface area contributed by atoms with Crippen LogP contribution in [0.1, 0.15) is 31.2 Å². The minimum atomic E-state index is -2.91. The maximum absolute atomic E-state index is 12.3. The monoisotopic (exact) mass is 337 g/mol. The molecule has 1 amide bonds. The van der Waals surface area contributed by atoms with Gasteiger partial charge in [-0.3, -0.25) is 4.79 Å². The van der Waals surface area contributed by atoms with Gasteiger partial charge in [-0.25, -0.2) is 0 Å². The molecule has 3 rings (SSSR count). The van der Waals surface area contributed by atoms with Gasteiger partial charge in [0.1, 0.15) is 0 Å². The highest BCUT2D eigenvalue weighted by Gasteiger charge is 2.41. The van der Waals surface area contributed by atoms with Gasteiger partial charge in [0, 0.05) is 12.1 Å². The molecule has 24 heavy (non-hydrogen) atoms. The lowest BCUT2D eigenvalue weighted by Crippen LogP contribution is -2.37. The van der Waals surface area contributed by atoms with Crippen molar-refractivity contribution < 1.29 is 23.0 Å². The lowest BCUT2D eigenvalue weighted by molar-refractivity contribution is -0.117. The molecule has 1 N–H and O–H groups in total. The fourth-order valence-corrected chi connectivity index (χ4v) is 2.90. The smallest absolute Gasteiger partial charge is 0.387 e. The number of hydrogen-bond acceptors (Lipinski definition) is 3. The Bertz CT molecular complexity index is 613. The number of carbonyl (C=O) groups is 1. The fraction of sp³-hybridized carbons (Fsp3) is 0.500. The van der Waals surface area contributed by atoms with Gasteiger partial charge in [0.05, 0.1) is 7.11 Å². The number of hydrogen-bond donors (Lipinski definition) is 1. The third-order valence-electron chi connectivity index (χ3n) is 4.40. The molecule has 0 unspecified atom stereocenters. The molecule has 130 valence electrons. The number of ether oxygens (including phenoxy) is 2. The van der Waals surface area contributed by atoms with Crippen molar-refractivity contribution in [1.82, 2.24) is 5.32 Å². The van der Waals surface area contributed by atoms with Crippen molar-refractivity contribution in [2.24, 2.45) is 11.8 Å². The zero-order chi connectivity index (χ0) is 17.1. The molecule has 0 saturated heterocycles. The molecule has 2 aliphatic rings. The number of nitrogens with one attached hydrogen (secondary N) is 1. The molecular weight excluding hydrogens is 316 g/mol. The average molecular weight is 337 g/mol. The number of alkyl halides is 2. The Balaban J connectivity index is 1.61. The molecule has 2 aliphatic carbocycles. The quantitative estimate of drug-likeness (QED) is 0.737. The van der Waals surface area contributed by atoms with Gasteiger partial charge in [-0.15, -0.1) is 0 Å². The molecule has 6 heteroatoms. The van der Waals surface area contributed by atoms with E-state index in [2.05, 4.69) is 10.1 Å². The molecule has 0 spiro atoms. The first-order valence-electron chi connectivity index (χ1n) is 8.18. The van der Waals surface area contributed by atoms with Gasteiger partial charge >= 0.3 is 6.61 Å². The molecule has 0 aromatic heterocycles. The third-order valence-corrected chi connectivity index (χ3v) is 4.40. The highest BCUT2D eigenvalue weighted by molar-refractivity contribution is 5.92. The summed E-state index contributed by atoms with van der Waals surface area (Å²) in [6, 6.07) is 4.86. The van der Waals surface area contributed by atoms with E-state index in [9.17, 15) is 13.6 Å². The standard InChI is InChI=1S/C18H21F2NO3/c1-23-15-10-11(2-8-14(15)24-18(19)20)3-9-16(22)21-17(12-4-5-12)13-6-7-13/h2-3,8-10,12-13,17-18H,4-7H2,1H3,(H,21,22)/b9-3+. The molecule has 0 bridgehead atoms. The maximum atomic E-state index is 12.3. The van der Waals surface area contributed by atoms with E-state index < -0.39 is 6.61 Å². The van der Waals surface area contributed by atoms with Crippen LogP contribution in [0.25, 0.3) is 6.08 Å². The van der Waals surface area contributed by atoms with Gasteiger partial charge in [-0.2, -0.15) is 8.78 Å². The van der Waals surface area contributed by atoms with E-state index in [1.54, 1.807) is 18.2 Å². The number of carbonyl (C=O) groups excluding carboxylic acids is 1. The van der Waals surface area contributed by atoms with Gasteiger partial charge < -0.3 is 14.8 Å². The lowest BCUT2D eigenvalue weighted by atomic mass is 10.1. The van der Waals surface area contributed by atoms with Crippen molar-refractivity contribution in [1.29, 1.82) is 0 Å². The third kappa shape index (κ3) is 4.46. The number of halogens is 2. The first kappa shape index (κ1) is 16.7. The predicted molar refractivity (Wildman–Crippen MR) is 86.0 cm³/mol.